The summed E-state index contributed by atoms with van der Waals surface area (Å²) in [5.41, 5.74) is 4.34. The lowest BCUT2D eigenvalue weighted by molar-refractivity contribution is 0.675. The monoisotopic (exact) mass is 275 g/mol. The van der Waals surface area contributed by atoms with Crippen LogP contribution in [0.3, 0.4) is 0 Å². The molecule has 0 saturated heterocycles. The van der Waals surface area contributed by atoms with E-state index in [2.05, 4.69) is 52.1 Å². The summed E-state index contributed by atoms with van der Waals surface area (Å²) < 4.78 is 1.47. The van der Waals surface area contributed by atoms with Crippen LogP contribution in [0.25, 0.3) is 10.1 Å². The average molecular weight is 275 g/mol. The normalized spacial score (nSPS) is 11.7. The minimum Gasteiger partial charge on any atom is -0.312 e. The molecule has 19 heavy (non-hydrogen) atoms. The fraction of sp³-hybridized carbons (Fsp3) is 0.529. The quantitative estimate of drug-likeness (QED) is 0.745. The van der Waals surface area contributed by atoms with Crippen LogP contribution in [-0.4, -0.2) is 6.54 Å². The standard InChI is InChI=1S/C17H25NS/c1-6-7-18-10-15-16(11(2)3)14-9-12(4)8-13(5)17(14)19-15/h8-9,11,18H,6-7,10H2,1-5H3. The zero-order valence-electron chi connectivity index (χ0n) is 12.8. The number of aryl methyl sites for hydroxylation is 2. The van der Waals surface area contributed by atoms with Crippen molar-refractivity contribution in [2.24, 2.45) is 0 Å². The number of rotatable bonds is 5. The summed E-state index contributed by atoms with van der Waals surface area (Å²) in [7, 11) is 0. The number of thiophene rings is 1. The highest BCUT2D eigenvalue weighted by atomic mass is 32.1. The van der Waals surface area contributed by atoms with Crippen LogP contribution in [0.2, 0.25) is 0 Å². The van der Waals surface area contributed by atoms with Crippen molar-refractivity contribution in [3.05, 3.63) is 33.7 Å². The van der Waals surface area contributed by atoms with Gasteiger partial charge in [-0.15, -0.1) is 11.3 Å². The molecule has 0 aliphatic carbocycles. The minimum absolute atomic E-state index is 0.591. The Bertz CT molecular complexity index is 566. The molecule has 0 unspecified atom stereocenters. The summed E-state index contributed by atoms with van der Waals surface area (Å²) in [6, 6.07) is 4.66. The first-order valence-electron chi connectivity index (χ1n) is 7.27. The largest absolute Gasteiger partial charge is 0.312 e. The smallest absolute Gasteiger partial charge is 0.0378 e. The van der Waals surface area contributed by atoms with Crippen LogP contribution < -0.4 is 5.32 Å². The summed E-state index contributed by atoms with van der Waals surface area (Å²) in [4.78, 5) is 1.52. The van der Waals surface area contributed by atoms with Crippen molar-refractivity contribution in [2.75, 3.05) is 6.54 Å². The third-order valence-electron chi connectivity index (χ3n) is 3.52. The zero-order valence-corrected chi connectivity index (χ0v) is 13.6. The summed E-state index contributed by atoms with van der Waals surface area (Å²) >= 11 is 1.98. The fourth-order valence-electron chi connectivity index (χ4n) is 2.76. The zero-order chi connectivity index (χ0) is 14.0. The van der Waals surface area contributed by atoms with Gasteiger partial charge in [-0.25, -0.2) is 0 Å². The Kier molecular flexibility index (Phi) is 4.64. The summed E-state index contributed by atoms with van der Waals surface area (Å²) in [5.74, 6) is 0.591. The second kappa shape index (κ2) is 6.06. The molecule has 0 spiro atoms. The molecule has 0 saturated carbocycles. The molecule has 2 aromatic rings. The van der Waals surface area contributed by atoms with E-state index in [1.54, 1.807) is 5.56 Å². The van der Waals surface area contributed by atoms with E-state index in [9.17, 15) is 0 Å². The van der Waals surface area contributed by atoms with Crippen LogP contribution in [-0.2, 0) is 6.54 Å². The van der Waals surface area contributed by atoms with E-state index in [1.807, 2.05) is 11.3 Å². The Hall–Kier alpha value is -0.860. The maximum Gasteiger partial charge on any atom is 0.0378 e. The Labute approximate surface area is 121 Å². The molecule has 1 aromatic heterocycles. The summed E-state index contributed by atoms with van der Waals surface area (Å²) in [5, 5.41) is 5.03. The summed E-state index contributed by atoms with van der Waals surface area (Å²) in [6.07, 6.45) is 1.19. The summed E-state index contributed by atoms with van der Waals surface area (Å²) in [6.45, 7) is 13.4. The molecule has 1 N–H and O–H groups in total. The van der Waals surface area contributed by atoms with Gasteiger partial charge in [0.1, 0.15) is 0 Å². The van der Waals surface area contributed by atoms with Crippen molar-refractivity contribution in [3.8, 4) is 0 Å². The molecule has 0 aliphatic rings. The van der Waals surface area contributed by atoms with Gasteiger partial charge in [0, 0.05) is 16.1 Å². The third-order valence-corrected chi connectivity index (χ3v) is 4.88. The van der Waals surface area contributed by atoms with Crippen molar-refractivity contribution in [1.82, 2.24) is 5.32 Å². The van der Waals surface area contributed by atoms with Crippen LogP contribution in [0, 0.1) is 13.8 Å². The van der Waals surface area contributed by atoms with Crippen LogP contribution in [0.5, 0.6) is 0 Å². The van der Waals surface area contributed by atoms with Crippen LogP contribution in [0.15, 0.2) is 12.1 Å². The maximum absolute atomic E-state index is 3.55. The molecule has 0 radical (unpaired) electrons. The van der Waals surface area contributed by atoms with Gasteiger partial charge in [-0.1, -0.05) is 38.5 Å². The third kappa shape index (κ3) is 3.01. The topological polar surface area (TPSA) is 12.0 Å². The molecule has 0 aliphatic heterocycles. The number of hydrogen-bond acceptors (Lipinski definition) is 2. The second-order valence-corrected chi connectivity index (χ2v) is 6.83. The number of fused-ring (bicyclic) bond motifs is 1. The number of hydrogen-bond donors (Lipinski definition) is 1. The predicted molar refractivity (Wildman–Crippen MR) is 87.4 cm³/mol. The molecule has 2 heteroatoms. The van der Waals surface area contributed by atoms with Gasteiger partial charge in [0.25, 0.3) is 0 Å². The van der Waals surface area contributed by atoms with Gasteiger partial charge in [-0.2, -0.15) is 0 Å². The van der Waals surface area contributed by atoms with E-state index < -0.39 is 0 Å². The molecule has 0 bridgehead atoms. The van der Waals surface area contributed by atoms with Crippen molar-refractivity contribution in [3.63, 3.8) is 0 Å². The number of benzene rings is 1. The first kappa shape index (κ1) is 14.5. The fourth-order valence-corrected chi connectivity index (χ4v) is 4.14. The van der Waals surface area contributed by atoms with Crippen LogP contribution in [0.1, 0.15) is 54.7 Å². The Morgan fingerprint density at radius 1 is 1.21 bits per heavy atom. The van der Waals surface area contributed by atoms with E-state index in [1.165, 1.54) is 32.5 Å². The Balaban J connectivity index is 2.51. The molecule has 0 amide bonds. The van der Waals surface area contributed by atoms with E-state index in [0.29, 0.717) is 5.92 Å². The van der Waals surface area contributed by atoms with Gasteiger partial charge in [0.15, 0.2) is 0 Å². The predicted octanol–water partition coefficient (Wildman–Crippen LogP) is 5.14. The Morgan fingerprint density at radius 3 is 2.58 bits per heavy atom. The molecule has 1 nitrogen and oxygen atoms in total. The second-order valence-electron chi connectivity index (χ2n) is 5.73. The van der Waals surface area contributed by atoms with Crippen molar-refractivity contribution in [1.29, 1.82) is 0 Å². The van der Waals surface area contributed by atoms with E-state index in [0.717, 1.165) is 13.1 Å². The van der Waals surface area contributed by atoms with Gasteiger partial charge in [-0.05, 0) is 49.2 Å². The van der Waals surface area contributed by atoms with Gasteiger partial charge in [0.05, 0.1) is 0 Å². The minimum atomic E-state index is 0.591. The van der Waals surface area contributed by atoms with Gasteiger partial charge in [0.2, 0.25) is 0 Å². The van der Waals surface area contributed by atoms with Crippen LogP contribution >= 0.6 is 11.3 Å². The first-order chi connectivity index (χ1) is 9.04. The van der Waals surface area contributed by atoms with Gasteiger partial charge < -0.3 is 5.32 Å². The van der Waals surface area contributed by atoms with E-state index >= 15 is 0 Å². The first-order valence-corrected chi connectivity index (χ1v) is 8.09. The molecule has 2 rings (SSSR count). The van der Waals surface area contributed by atoms with Gasteiger partial charge in [-0.3, -0.25) is 0 Å². The lowest BCUT2D eigenvalue weighted by Crippen LogP contribution is -2.14. The lowest BCUT2D eigenvalue weighted by Gasteiger charge is -2.09. The molecule has 1 heterocycles. The maximum atomic E-state index is 3.55. The van der Waals surface area contributed by atoms with Gasteiger partial charge >= 0.3 is 0 Å². The van der Waals surface area contributed by atoms with E-state index in [-0.39, 0.29) is 0 Å². The van der Waals surface area contributed by atoms with Crippen molar-refractivity contribution in [2.45, 2.75) is 53.5 Å². The molecular formula is C17H25NS. The van der Waals surface area contributed by atoms with Crippen LogP contribution in [0.4, 0.5) is 0 Å². The molecule has 104 valence electrons. The van der Waals surface area contributed by atoms with E-state index in [4.69, 9.17) is 0 Å². The highest BCUT2D eigenvalue weighted by molar-refractivity contribution is 7.19. The average Bonchev–Trinajstić information content (AvgIpc) is 2.68. The van der Waals surface area contributed by atoms with Crippen molar-refractivity contribution < 1.29 is 0 Å². The lowest BCUT2D eigenvalue weighted by atomic mass is 9.97. The molecular weight excluding hydrogens is 250 g/mol. The molecule has 1 aromatic carbocycles. The van der Waals surface area contributed by atoms with Crippen molar-refractivity contribution >= 4 is 21.4 Å². The highest BCUT2D eigenvalue weighted by Crippen LogP contribution is 2.38. The molecule has 0 fully saturated rings. The number of nitrogens with one attached hydrogen (secondary N) is 1. The highest BCUT2D eigenvalue weighted by Gasteiger charge is 2.16. The SMILES string of the molecule is CCCNCc1sc2c(C)cc(C)cc2c1C(C)C. The molecule has 0 atom stereocenters. The Morgan fingerprint density at radius 2 is 1.95 bits per heavy atom.